The first-order chi connectivity index (χ1) is 11.8. The van der Waals surface area contributed by atoms with Crippen molar-refractivity contribution in [1.82, 2.24) is 20.2 Å². The Hall–Kier alpha value is -1.20. The van der Waals surface area contributed by atoms with E-state index in [0.717, 1.165) is 30.6 Å². The molecule has 0 spiro atoms. The highest BCUT2D eigenvalue weighted by Crippen LogP contribution is 2.55. The molecule has 130 valence electrons. The van der Waals surface area contributed by atoms with Gasteiger partial charge in [0, 0.05) is 38.3 Å². The third kappa shape index (κ3) is 2.72. The standard InChI is InChI=1S/C19H29N5/c1-2-8-24(7-1)17-3-6-21-18(22-17)15-4-9-23(10-5-15)14-19-11-16(19)12-20-13-19/h3,6,15-16,20H,1-2,4-5,7-14H2. The Balaban J connectivity index is 1.20. The smallest absolute Gasteiger partial charge is 0.133 e. The van der Waals surface area contributed by atoms with Gasteiger partial charge in [-0.15, -0.1) is 0 Å². The molecule has 0 aromatic carbocycles. The zero-order valence-corrected chi connectivity index (χ0v) is 14.6. The van der Waals surface area contributed by atoms with E-state index in [2.05, 4.69) is 26.2 Å². The number of hydrogen-bond acceptors (Lipinski definition) is 5. The minimum Gasteiger partial charge on any atom is -0.357 e. The average Bonchev–Trinajstić information content (AvgIpc) is 3.00. The first-order valence-electron chi connectivity index (χ1n) is 9.83. The Labute approximate surface area is 144 Å². The molecule has 1 N–H and O–H groups in total. The first-order valence-corrected chi connectivity index (χ1v) is 9.83. The molecule has 3 saturated heterocycles. The molecule has 4 heterocycles. The van der Waals surface area contributed by atoms with Crippen molar-refractivity contribution < 1.29 is 0 Å². The minimum atomic E-state index is 0.554. The average molecular weight is 327 g/mol. The fourth-order valence-corrected chi connectivity index (χ4v) is 5.16. The fraction of sp³-hybridized carbons (Fsp3) is 0.789. The normalized spacial score (nSPS) is 33.8. The summed E-state index contributed by atoms with van der Waals surface area (Å²) >= 11 is 0. The molecule has 5 rings (SSSR count). The molecular weight excluding hydrogens is 298 g/mol. The van der Waals surface area contributed by atoms with Crippen LogP contribution in [0.5, 0.6) is 0 Å². The molecule has 0 amide bonds. The molecular formula is C19H29N5. The van der Waals surface area contributed by atoms with Crippen LogP contribution in [0.3, 0.4) is 0 Å². The molecule has 5 nitrogen and oxygen atoms in total. The van der Waals surface area contributed by atoms with E-state index in [1.807, 2.05) is 6.20 Å². The van der Waals surface area contributed by atoms with Crippen LogP contribution >= 0.6 is 0 Å². The summed E-state index contributed by atoms with van der Waals surface area (Å²) in [7, 11) is 0. The van der Waals surface area contributed by atoms with Gasteiger partial charge in [0.25, 0.3) is 0 Å². The van der Waals surface area contributed by atoms with Gasteiger partial charge < -0.3 is 15.1 Å². The van der Waals surface area contributed by atoms with Crippen molar-refractivity contribution in [2.24, 2.45) is 11.3 Å². The molecule has 5 heteroatoms. The van der Waals surface area contributed by atoms with Crippen molar-refractivity contribution in [3.63, 3.8) is 0 Å². The van der Waals surface area contributed by atoms with Gasteiger partial charge in [0.15, 0.2) is 0 Å². The molecule has 1 saturated carbocycles. The summed E-state index contributed by atoms with van der Waals surface area (Å²) in [4.78, 5) is 14.7. The predicted molar refractivity (Wildman–Crippen MR) is 95.3 cm³/mol. The molecule has 0 radical (unpaired) electrons. The number of rotatable bonds is 4. The Morgan fingerprint density at radius 3 is 2.71 bits per heavy atom. The van der Waals surface area contributed by atoms with E-state index in [4.69, 9.17) is 4.98 Å². The summed E-state index contributed by atoms with van der Waals surface area (Å²) < 4.78 is 0. The summed E-state index contributed by atoms with van der Waals surface area (Å²) in [6.45, 7) is 8.57. The van der Waals surface area contributed by atoms with Gasteiger partial charge in [-0.2, -0.15) is 0 Å². The maximum absolute atomic E-state index is 4.91. The van der Waals surface area contributed by atoms with Crippen molar-refractivity contribution in [1.29, 1.82) is 0 Å². The molecule has 24 heavy (non-hydrogen) atoms. The van der Waals surface area contributed by atoms with Crippen LogP contribution in [0.4, 0.5) is 5.82 Å². The highest BCUT2D eigenvalue weighted by Gasteiger charge is 2.57. The lowest BCUT2D eigenvalue weighted by molar-refractivity contribution is 0.173. The number of likely N-dealkylation sites (tertiary alicyclic amines) is 1. The van der Waals surface area contributed by atoms with Crippen LogP contribution in [-0.4, -0.2) is 60.7 Å². The van der Waals surface area contributed by atoms with Crippen molar-refractivity contribution in [2.75, 3.05) is 50.7 Å². The van der Waals surface area contributed by atoms with Crippen molar-refractivity contribution in [3.8, 4) is 0 Å². The maximum atomic E-state index is 4.91. The molecule has 1 aliphatic carbocycles. The van der Waals surface area contributed by atoms with Gasteiger partial charge in [-0.05, 0) is 69.1 Å². The zero-order chi connectivity index (χ0) is 16.0. The van der Waals surface area contributed by atoms with Gasteiger partial charge in [-0.1, -0.05) is 0 Å². The monoisotopic (exact) mass is 327 g/mol. The van der Waals surface area contributed by atoms with Gasteiger partial charge >= 0.3 is 0 Å². The molecule has 0 bridgehead atoms. The van der Waals surface area contributed by atoms with Crippen molar-refractivity contribution >= 4 is 5.82 Å². The van der Waals surface area contributed by atoms with Crippen LogP contribution in [0.25, 0.3) is 0 Å². The minimum absolute atomic E-state index is 0.554. The maximum Gasteiger partial charge on any atom is 0.133 e. The quantitative estimate of drug-likeness (QED) is 0.914. The molecule has 2 atom stereocenters. The summed E-state index contributed by atoms with van der Waals surface area (Å²) in [5.41, 5.74) is 0.638. The number of anilines is 1. The molecule has 1 aromatic rings. The Morgan fingerprint density at radius 2 is 2.00 bits per heavy atom. The molecule has 1 aromatic heterocycles. The number of hydrogen-bond donors (Lipinski definition) is 1. The van der Waals surface area contributed by atoms with Crippen LogP contribution in [0.2, 0.25) is 0 Å². The third-order valence-electron chi connectivity index (χ3n) is 6.81. The second kappa shape index (κ2) is 5.95. The topological polar surface area (TPSA) is 44.3 Å². The number of fused-ring (bicyclic) bond motifs is 1. The van der Waals surface area contributed by atoms with E-state index in [0.29, 0.717) is 11.3 Å². The van der Waals surface area contributed by atoms with Gasteiger partial charge in [-0.3, -0.25) is 0 Å². The SMILES string of the molecule is c1cc(N2CCCC2)nc(C2CCN(CC34CNCC3C4)CC2)n1. The summed E-state index contributed by atoms with van der Waals surface area (Å²) in [6, 6.07) is 2.09. The first kappa shape index (κ1) is 15.1. The van der Waals surface area contributed by atoms with Crippen molar-refractivity contribution in [3.05, 3.63) is 18.1 Å². The number of nitrogens with one attached hydrogen (secondary N) is 1. The van der Waals surface area contributed by atoms with Gasteiger partial charge in [0.2, 0.25) is 0 Å². The molecule has 4 fully saturated rings. The number of aromatic nitrogens is 2. The molecule has 3 aliphatic heterocycles. The summed E-state index contributed by atoms with van der Waals surface area (Å²) in [5.74, 6) is 3.76. The van der Waals surface area contributed by atoms with Gasteiger partial charge in [0.1, 0.15) is 11.6 Å². The second-order valence-corrected chi connectivity index (χ2v) is 8.41. The van der Waals surface area contributed by atoms with Crippen LogP contribution in [0.15, 0.2) is 12.3 Å². The largest absolute Gasteiger partial charge is 0.357 e. The van der Waals surface area contributed by atoms with Gasteiger partial charge in [0.05, 0.1) is 0 Å². The van der Waals surface area contributed by atoms with E-state index >= 15 is 0 Å². The highest BCUT2D eigenvalue weighted by molar-refractivity contribution is 5.38. The van der Waals surface area contributed by atoms with E-state index in [1.54, 1.807) is 0 Å². The van der Waals surface area contributed by atoms with E-state index in [1.165, 1.54) is 64.8 Å². The van der Waals surface area contributed by atoms with Crippen LogP contribution in [0, 0.1) is 11.3 Å². The second-order valence-electron chi connectivity index (χ2n) is 8.41. The predicted octanol–water partition coefficient (Wildman–Crippen LogP) is 1.87. The lowest BCUT2D eigenvalue weighted by Gasteiger charge is -2.33. The zero-order valence-electron chi connectivity index (χ0n) is 14.6. The molecule has 2 unspecified atom stereocenters. The Morgan fingerprint density at radius 1 is 1.17 bits per heavy atom. The van der Waals surface area contributed by atoms with E-state index in [-0.39, 0.29) is 0 Å². The summed E-state index contributed by atoms with van der Waals surface area (Å²) in [6.07, 6.45) is 8.47. The lowest BCUT2D eigenvalue weighted by atomic mass is 9.94. The third-order valence-corrected chi connectivity index (χ3v) is 6.81. The Kier molecular flexibility index (Phi) is 3.74. The highest BCUT2D eigenvalue weighted by atomic mass is 15.2. The lowest BCUT2D eigenvalue weighted by Crippen LogP contribution is -2.39. The van der Waals surface area contributed by atoms with E-state index in [9.17, 15) is 0 Å². The van der Waals surface area contributed by atoms with Crippen LogP contribution in [-0.2, 0) is 0 Å². The fourth-order valence-electron chi connectivity index (χ4n) is 5.16. The number of nitrogens with zero attached hydrogens (tertiary/aromatic N) is 4. The van der Waals surface area contributed by atoms with Crippen LogP contribution < -0.4 is 10.2 Å². The van der Waals surface area contributed by atoms with Gasteiger partial charge in [-0.25, -0.2) is 9.97 Å². The number of piperidine rings is 2. The summed E-state index contributed by atoms with van der Waals surface area (Å²) in [5, 5.41) is 3.57. The molecule has 4 aliphatic rings. The van der Waals surface area contributed by atoms with Crippen molar-refractivity contribution in [2.45, 2.75) is 38.0 Å². The van der Waals surface area contributed by atoms with Crippen LogP contribution in [0.1, 0.15) is 43.8 Å². The Bertz CT molecular complexity index is 591. The van der Waals surface area contributed by atoms with E-state index < -0.39 is 0 Å².